The summed E-state index contributed by atoms with van der Waals surface area (Å²) in [6.07, 6.45) is 0. The minimum Gasteiger partial charge on any atom is -0.376 e. The standard InChI is InChI=1S/C18H22N4OS/c1-12-4-7-15(8-5-12)19-11-17(23)21-22-18(24)20-16-9-6-13(2)14(3)10-16/h4-10,19H,11H2,1-3H3,(H,21,23)(H2,20,22,24). The molecule has 0 aliphatic carbocycles. The van der Waals surface area contributed by atoms with Crippen molar-refractivity contribution in [2.45, 2.75) is 20.8 Å². The summed E-state index contributed by atoms with van der Waals surface area (Å²) >= 11 is 5.17. The third kappa shape index (κ3) is 5.55. The van der Waals surface area contributed by atoms with Crippen LogP contribution in [-0.4, -0.2) is 17.6 Å². The van der Waals surface area contributed by atoms with E-state index in [1.807, 2.05) is 56.3 Å². The number of benzene rings is 2. The van der Waals surface area contributed by atoms with Gasteiger partial charge < -0.3 is 10.6 Å². The van der Waals surface area contributed by atoms with Crippen molar-refractivity contribution in [2.24, 2.45) is 0 Å². The first-order chi connectivity index (χ1) is 11.4. The Kier molecular flexibility index (Phi) is 6.14. The molecule has 1 amide bonds. The van der Waals surface area contributed by atoms with Crippen LogP contribution in [0.15, 0.2) is 42.5 Å². The van der Waals surface area contributed by atoms with Gasteiger partial charge in [-0.15, -0.1) is 0 Å². The molecule has 0 saturated heterocycles. The number of carbonyl (C=O) groups excluding carboxylic acids is 1. The van der Waals surface area contributed by atoms with E-state index in [4.69, 9.17) is 12.2 Å². The van der Waals surface area contributed by atoms with Gasteiger partial charge in [0.05, 0.1) is 6.54 Å². The van der Waals surface area contributed by atoms with Crippen LogP contribution in [0.5, 0.6) is 0 Å². The minimum atomic E-state index is -0.209. The summed E-state index contributed by atoms with van der Waals surface area (Å²) in [7, 11) is 0. The number of hydrazine groups is 1. The molecular formula is C18H22N4OS. The number of rotatable bonds is 4. The molecule has 0 radical (unpaired) electrons. The summed E-state index contributed by atoms with van der Waals surface area (Å²) in [4.78, 5) is 11.8. The van der Waals surface area contributed by atoms with Gasteiger partial charge in [0.2, 0.25) is 0 Å². The molecule has 0 saturated carbocycles. The van der Waals surface area contributed by atoms with Crippen LogP contribution >= 0.6 is 12.2 Å². The van der Waals surface area contributed by atoms with Crippen LogP contribution in [-0.2, 0) is 4.79 Å². The molecule has 24 heavy (non-hydrogen) atoms. The lowest BCUT2D eigenvalue weighted by Crippen LogP contribution is -2.45. The fourth-order valence-electron chi connectivity index (χ4n) is 2.01. The Labute approximate surface area is 147 Å². The Balaban J connectivity index is 1.73. The molecule has 126 valence electrons. The molecule has 2 aromatic rings. The van der Waals surface area contributed by atoms with E-state index in [0.717, 1.165) is 11.4 Å². The predicted octanol–water partition coefficient (Wildman–Crippen LogP) is 3.04. The number of thiocarbonyl (C=S) groups is 1. The number of aryl methyl sites for hydroxylation is 3. The molecule has 0 heterocycles. The van der Waals surface area contributed by atoms with Gasteiger partial charge in [-0.3, -0.25) is 15.6 Å². The highest BCUT2D eigenvalue weighted by Gasteiger charge is 2.03. The van der Waals surface area contributed by atoms with Gasteiger partial charge >= 0.3 is 0 Å². The molecule has 0 unspecified atom stereocenters. The molecule has 0 atom stereocenters. The number of nitrogens with one attached hydrogen (secondary N) is 4. The lowest BCUT2D eigenvalue weighted by molar-refractivity contribution is -0.119. The molecule has 0 bridgehead atoms. The fourth-order valence-corrected chi connectivity index (χ4v) is 2.17. The zero-order valence-corrected chi connectivity index (χ0v) is 14.9. The third-order valence-electron chi connectivity index (χ3n) is 3.58. The summed E-state index contributed by atoms with van der Waals surface area (Å²) in [6, 6.07) is 13.8. The van der Waals surface area contributed by atoms with E-state index in [-0.39, 0.29) is 12.5 Å². The predicted molar refractivity (Wildman–Crippen MR) is 103 cm³/mol. The van der Waals surface area contributed by atoms with E-state index in [0.29, 0.717) is 5.11 Å². The van der Waals surface area contributed by atoms with E-state index in [1.165, 1.54) is 16.7 Å². The smallest absolute Gasteiger partial charge is 0.257 e. The lowest BCUT2D eigenvalue weighted by Gasteiger charge is -2.13. The van der Waals surface area contributed by atoms with E-state index in [2.05, 4.69) is 28.4 Å². The Bertz CT molecular complexity index is 728. The first-order valence-electron chi connectivity index (χ1n) is 7.67. The van der Waals surface area contributed by atoms with Crippen LogP contribution in [0.3, 0.4) is 0 Å². The van der Waals surface area contributed by atoms with Gasteiger partial charge in [-0.25, -0.2) is 0 Å². The molecule has 5 nitrogen and oxygen atoms in total. The Morgan fingerprint density at radius 3 is 2.25 bits per heavy atom. The van der Waals surface area contributed by atoms with Gasteiger partial charge in [-0.1, -0.05) is 23.8 Å². The largest absolute Gasteiger partial charge is 0.376 e. The second-order valence-electron chi connectivity index (χ2n) is 5.65. The molecule has 4 N–H and O–H groups in total. The maximum Gasteiger partial charge on any atom is 0.257 e. The summed E-state index contributed by atoms with van der Waals surface area (Å²) in [5.74, 6) is -0.209. The molecule has 0 spiro atoms. The van der Waals surface area contributed by atoms with Crippen molar-refractivity contribution in [1.29, 1.82) is 0 Å². The molecular weight excluding hydrogens is 320 g/mol. The van der Waals surface area contributed by atoms with Gasteiger partial charge in [-0.2, -0.15) is 0 Å². The SMILES string of the molecule is Cc1ccc(NCC(=O)NNC(=S)Nc2ccc(C)c(C)c2)cc1. The molecule has 6 heteroatoms. The zero-order valence-electron chi connectivity index (χ0n) is 14.1. The molecule has 2 aromatic carbocycles. The van der Waals surface area contributed by atoms with Crippen LogP contribution in [0, 0.1) is 20.8 Å². The van der Waals surface area contributed by atoms with Crippen LogP contribution in [0.2, 0.25) is 0 Å². The average Bonchev–Trinajstić information content (AvgIpc) is 2.56. The number of amides is 1. The average molecular weight is 342 g/mol. The van der Waals surface area contributed by atoms with Crippen molar-refractivity contribution in [3.63, 3.8) is 0 Å². The number of hydrogen-bond donors (Lipinski definition) is 4. The second kappa shape index (κ2) is 8.31. The second-order valence-corrected chi connectivity index (χ2v) is 6.05. The van der Waals surface area contributed by atoms with Crippen LogP contribution in [0.1, 0.15) is 16.7 Å². The molecule has 2 rings (SSSR count). The highest BCUT2D eigenvalue weighted by molar-refractivity contribution is 7.80. The summed E-state index contributed by atoms with van der Waals surface area (Å²) in [5, 5.41) is 6.41. The number of hydrogen-bond acceptors (Lipinski definition) is 3. The Morgan fingerprint density at radius 2 is 1.58 bits per heavy atom. The van der Waals surface area contributed by atoms with Crippen molar-refractivity contribution in [3.8, 4) is 0 Å². The maximum atomic E-state index is 11.8. The monoisotopic (exact) mass is 342 g/mol. The zero-order chi connectivity index (χ0) is 17.5. The normalized spacial score (nSPS) is 9.96. The highest BCUT2D eigenvalue weighted by atomic mass is 32.1. The van der Waals surface area contributed by atoms with Gasteiger partial charge in [0.1, 0.15) is 0 Å². The number of anilines is 2. The van der Waals surface area contributed by atoms with Gasteiger partial charge in [0.25, 0.3) is 5.91 Å². The van der Waals surface area contributed by atoms with Crippen molar-refractivity contribution < 1.29 is 4.79 Å². The Hall–Kier alpha value is -2.60. The topological polar surface area (TPSA) is 65.2 Å². The van der Waals surface area contributed by atoms with E-state index < -0.39 is 0 Å². The van der Waals surface area contributed by atoms with Crippen LogP contribution in [0.25, 0.3) is 0 Å². The van der Waals surface area contributed by atoms with Crippen molar-refractivity contribution >= 4 is 34.6 Å². The van der Waals surface area contributed by atoms with Crippen molar-refractivity contribution in [3.05, 3.63) is 59.2 Å². The molecule has 0 fully saturated rings. The van der Waals surface area contributed by atoms with Gasteiger partial charge in [0.15, 0.2) is 5.11 Å². The maximum absolute atomic E-state index is 11.8. The third-order valence-corrected chi connectivity index (χ3v) is 3.79. The molecule has 0 aliphatic rings. The molecule has 0 aromatic heterocycles. The first-order valence-corrected chi connectivity index (χ1v) is 8.08. The van der Waals surface area contributed by atoms with Crippen molar-refractivity contribution in [2.75, 3.05) is 17.2 Å². The summed E-state index contributed by atoms with van der Waals surface area (Å²) in [5.41, 5.74) is 10.6. The lowest BCUT2D eigenvalue weighted by atomic mass is 10.1. The molecule has 0 aliphatic heterocycles. The summed E-state index contributed by atoms with van der Waals surface area (Å²) < 4.78 is 0. The first kappa shape index (κ1) is 17.7. The van der Waals surface area contributed by atoms with E-state index >= 15 is 0 Å². The van der Waals surface area contributed by atoms with Crippen LogP contribution in [0.4, 0.5) is 11.4 Å². The quantitative estimate of drug-likeness (QED) is 0.508. The highest BCUT2D eigenvalue weighted by Crippen LogP contribution is 2.13. The van der Waals surface area contributed by atoms with E-state index in [9.17, 15) is 4.79 Å². The van der Waals surface area contributed by atoms with E-state index in [1.54, 1.807) is 0 Å². The summed E-state index contributed by atoms with van der Waals surface area (Å²) in [6.45, 7) is 6.26. The van der Waals surface area contributed by atoms with Gasteiger partial charge in [0, 0.05) is 11.4 Å². The van der Waals surface area contributed by atoms with Gasteiger partial charge in [-0.05, 0) is 68.4 Å². The Morgan fingerprint density at radius 1 is 0.917 bits per heavy atom. The minimum absolute atomic E-state index is 0.155. The fraction of sp³-hybridized carbons (Fsp3) is 0.222. The van der Waals surface area contributed by atoms with Crippen LogP contribution < -0.4 is 21.5 Å². The number of carbonyl (C=O) groups is 1. The van der Waals surface area contributed by atoms with Crippen molar-refractivity contribution in [1.82, 2.24) is 10.9 Å².